The SMILES string of the molecule is CC[C@H](C)[C@@H](C(=O)N[C@@H](Cc1ccccc1)[C@@H](O)CN(Cc1ccc(OC)c(OC)c1)NC(=O)[C@@H](NC(=O)OC)C(C)(C)C)N1CCN(Cc2csc(COC)n2)C1=O. The van der Waals surface area contributed by atoms with Crippen molar-refractivity contribution in [1.82, 2.24) is 35.9 Å². The summed E-state index contributed by atoms with van der Waals surface area (Å²) in [6.07, 6.45) is -1.14. The van der Waals surface area contributed by atoms with Crippen LogP contribution in [0.4, 0.5) is 9.59 Å². The molecule has 16 nitrogen and oxygen atoms in total. The van der Waals surface area contributed by atoms with E-state index in [1.807, 2.05) is 76.4 Å². The van der Waals surface area contributed by atoms with Crippen LogP contribution in [-0.2, 0) is 45.2 Å². The van der Waals surface area contributed by atoms with E-state index in [1.54, 1.807) is 34.1 Å². The lowest BCUT2D eigenvalue weighted by molar-refractivity contribution is -0.132. The fourth-order valence-corrected chi connectivity index (χ4v) is 7.69. The second-order valence-electron chi connectivity index (χ2n) is 15.7. The number of amides is 5. The van der Waals surface area contributed by atoms with Gasteiger partial charge in [-0.15, -0.1) is 11.3 Å². The smallest absolute Gasteiger partial charge is 0.407 e. The molecular weight excluding hydrogens is 779 g/mol. The summed E-state index contributed by atoms with van der Waals surface area (Å²) in [4.78, 5) is 62.6. The largest absolute Gasteiger partial charge is 0.493 e. The summed E-state index contributed by atoms with van der Waals surface area (Å²) in [5, 5.41) is 22.2. The zero-order valence-corrected chi connectivity index (χ0v) is 36.5. The van der Waals surface area contributed by atoms with E-state index in [1.165, 1.54) is 32.7 Å². The molecule has 0 aliphatic carbocycles. The highest BCUT2D eigenvalue weighted by Gasteiger charge is 2.41. The van der Waals surface area contributed by atoms with Gasteiger partial charge >= 0.3 is 12.1 Å². The molecule has 2 aromatic carbocycles. The molecule has 0 saturated carbocycles. The minimum Gasteiger partial charge on any atom is -0.493 e. The third-order valence-electron chi connectivity index (χ3n) is 10.3. The topological polar surface area (TPSA) is 184 Å². The molecule has 0 spiro atoms. The molecular formula is C42H61N7O9S. The van der Waals surface area contributed by atoms with Crippen LogP contribution in [0.3, 0.4) is 0 Å². The zero-order valence-electron chi connectivity index (χ0n) is 35.7. The molecule has 1 saturated heterocycles. The van der Waals surface area contributed by atoms with Crippen LogP contribution in [0.2, 0.25) is 0 Å². The minimum absolute atomic E-state index is 0.101. The molecule has 324 valence electrons. The van der Waals surface area contributed by atoms with Gasteiger partial charge in [0.1, 0.15) is 17.1 Å². The van der Waals surface area contributed by atoms with E-state index in [9.17, 15) is 24.3 Å². The molecule has 1 aliphatic heterocycles. The average Bonchev–Trinajstić information content (AvgIpc) is 3.81. The summed E-state index contributed by atoms with van der Waals surface area (Å²) in [7, 11) is 5.88. The van der Waals surface area contributed by atoms with Gasteiger partial charge in [-0.05, 0) is 41.0 Å². The molecule has 0 unspecified atom stereocenters. The molecule has 1 aliphatic rings. The Morgan fingerprint density at radius 1 is 0.966 bits per heavy atom. The standard InChI is InChI=1S/C42H61N7O9S/c1-10-27(2)36(49-19-18-47(41(49)54)23-30-26-59-35(43-30)25-55-6)38(51)44-31(20-28-14-12-11-13-15-28)32(50)24-48(22-29-16-17-33(56-7)34(21-29)57-8)46-39(52)37(42(3,4)5)45-40(53)58-9/h11-17,21,26-27,31-32,36-37,50H,10,18-20,22-25H2,1-9H3,(H,44,51)(H,45,53)(H,46,52)/t27-,31-,32-,36-,37+/m0/s1. The fourth-order valence-electron chi connectivity index (χ4n) is 6.94. The molecule has 1 fully saturated rings. The number of hydrogen-bond acceptors (Lipinski definition) is 12. The lowest BCUT2D eigenvalue weighted by atomic mass is 9.86. The Balaban J connectivity index is 1.63. The van der Waals surface area contributed by atoms with Crippen LogP contribution in [0.25, 0.3) is 0 Å². The third-order valence-corrected chi connectivity index (χ3v) is 11.2. The van der Waals surface area contributed by atoms with E-state index in [0.717, 1.165) is 16.3 Å². The number of rotatable bonds is 21. The molecule has 5 amide bonds. The first kappa shape index (κ1) is 46.7. The first-order chi connectivity index (χ1) is 28.1. The summed E-state index contributed by atoms with van der Waals surface area (Å²) >= 11 is 1.47. The van der Waals surface area contributed by atoms with Crippen molar-refractivity contribution in [2.24, 2.45) is 11.3 Å². The molecule has 3 aromatic rings. The number of aliphatic hydroxyl groups is 1. The Labute approximate surface area is 351 Å². The van der Waals surface area contributed by atoms with Gasteiger partial charge in [0, 0.05) is 38.7 Å². The van der Waals surface area contributed by atoms with Crippen molar-refractivity contribution in [1.29, 1.82) is 0 Å². The number of hydrogen-bond donors (Lipinski definition) is 4. The van der Waals surface area contributed by atoms with Crippen molar-refractivity contribution < 1.29 is 43.2 Å². The summed E-state index contributed by atoms with van der Waals surface area (Å²) < 4.78 is 21.0. The monoisotopic (exact) mass is 839 g/mol. The van der Waals surface area contributed by atoms with E-state index in [2.05, 4.69) is 21.0 Å². The van der Waals surface area contributed by atoms with E-state index in [-0.39, 0.29) is 31.5 Å². The zero-order chi connectivity index (χ0) is 43.3. The highest BCUT2D eigenvalue weighted by molar-refractivity contribution is 7.09. The summed E-state index contributed by atoms with van der Waals surface area (Å²) in [5.41, 5.74) is 4.52. The number of aliphatic hydroxyl groups excluding tert-OH is 1. The molecule has 0 bridgehead atoms. The lowest BCUT2D eigenvalue weighted by Gasteiger charge is -2.36. The number of alkyl carbamates (subject to hydrolysis) is 1. The Morgan fingerprint density at radius 3 is 2.31 bits per heavy atom. The van der Waals surface area contributed by atoms with Gasteiger partial charge in [0.05, 0.1) is 52.3 Å². The second kappa shape index (κ2) is 21.9. The van der Waals surface area contributed by atoms with Gasteiger partial charge in [-0.2, -0.15) is 0 Å². The normalized spacial score (nSPS) is 15.6. The van der Waals surface area contributed by atoms with Crippen molar-refractivity contribution in [3.63, 3.8) is 0 Å². The van der Waals surface area contributed by atoms with Crippen LogP contribution in [-0.4, -0.2) is 121 Å². The molecule has 4 rings (SSSR count). The second-order valence-corrected chi connectivity index (χ2v) is 16.7. The number of urea groups is 1. The van der Waals surface area contributed by atoms with E-state index < -0.39 is 47.6 Å². The number of nitrogens with one attached hydrogen (secondary N) is 3. The number of carbonyl (C=O) groups excluding carboxylic acids is 4. The maximum absolute atomic E-state index is 14.5. The van der Waals surface area contributed by atoms with Crippen LogP contribution < -0.4 is 25.5 Å². The number of methoxy groups -OCH3 is 4. The Bertz CT molecular complexity index is 1840. The maximum Gasteiger partial charge on any atom is 0.407 e. The Hall–Kier alpha value is -4.97. The summed E-state index contributed by atoms with van der Waals surface area (Å²) in [6.45, 7) is 10.8. The Kier molecular flexibility index (Phi) is 17.3. The number of benzene rings is 2. The van der Waals surface area contributed by atoms with Crippen molar-refractivity contribution in [2.45, 2.75) is 91.4 Å². The molecule has 1 aromatic heterocycles. The van der Waals surface area contributed by atoms with Gasteiger partial charge in [0.2, 0.25) is 5.91 Å². The van der Waals surface area contributed by atoms with Gasteiger partial charge in [0.15, 0.2) is 11.5 Å². The fraction of sp³-hybridized carbons (Fsp3) is 0.548. The predicted octanol–water partition coefficient (Wildman–Crippen LogP) is 4.35. The first-order valence-electron chi connectivity index (χ1n) is 19.7. The van der Waals surface area contributed by atoms with Gasteiger partial charge in [0.25, 0.3) is 5.91 Å². The van der Waals surface area contributed by atoms with E-state index in [4.69, 9.17) is 18.9 Å². The number of carbonyl (C=O) groups is 4. The molecule has 59 heavy (non-hydrogen) atoms. The highest BCUT2D eigenvalue weighted by Crippen LogP contribution is 2.29. The molecule has 0 radical (unpaired) electrons. The first-order valence-corrected chi connectivity index (χ1v) is 20.6. The van der Waals surface area contributed by atoms with Crippen LogP contribution in [0.1, 0.15) is 62.9 Å². The Morgan fingerprint density at radius 2 is 1.68 bits per heavy atom. The predicted molar refractivity (Wildman–Crippen MR) is 224 cm³/mol. The van der Waals surface area contributed by atoms with Crippen molar-refractivity contribution in [2.75, 3.05) is 48.1 Å². The third kappa shape index (κ3) is 13.0. The lowest BCUT2D eigenvalue weighted by Crippen LogP contribution is -2.60. The maximum atomic E-state index is 14.5. The molecule has 2 heterocycles. The molecule has 17 heteroatoms. The van der Waals surface area contributed by atoms with Crippen LogP contribution >= 0.6 is 11.3 Å². The van der Waals surface area contributed by atoms with E-state index >= 15 is 0 Å². The molecule has 5 atom stereocenters. The van der Waals surface area contributed by atoms with E-state index in [0.29, 0.717) is 49.7 Å². The highest BCUT2D eigenvalue weighted by atomic mass is 32.1. The van der Waals surface area contributed by atoms with Crippen molar-refractivity contribution in [3.05, 3.63) is 75.7 Å². The van der Waals surface area contributed by atoms with Crippen molar-refractivity contribution >= 4 is 35.3 Å². The van der Waals surface area contributed by atoms with Crippen molar-refractivity contribution in [3.8, 4) is 11.5 Å². The van der Waals surface area contributed by atoms with Gasteiger partial charge in [-0.25, -0.2) is 19.6 Å². The number of ether oxygens (including phenoxy) is 4. The number of thiazole rings is 1. The number of nitrogens with zero attached hydrogens (tertiary/aromatic N) is 4. The van der Waals surface area contributed by atoms with Gasteiger partial charge in [-0.3, -0.25) is 15.0 Å². The average molecular weight is 840 g/mol. The minimum atomic E-state index is -1.24. The van der Waals surface area contributed by atoms with Crippen LogP contribution in [0.15, 0.2) is 53.9 Å². The van der Waals surface area contributed by atoms with Crippen LogP contribution in [0.5, 0.6) is 11.5 Å². The quantitative estimate of drug-likeness (QED) is 0.112. The number of hydrazine groups is 1. The number of aromatic nitrogens is 1. The summed E-state index contributed by atoms with van der Waals surface area (Å²) in [6, 6.07) is 11.8. The van der Waals surface area contributed by atoms with Gasteiger partial charge in [-0.1, -0.05) is 77.4 Å². The van der Waals surface area contributed by atoms with Crippen LogP contribution in [0, 0.1) is 11.3 Å². The molecule has 4 N–H and O–H groups in total. The van der Waals surface area contributed by atoms with Gasteiger partial charge < -0.3 is 44.5 Å². The summed E-state index contributed by atoms with van der Waals surface area (Å²) in [5.74, 6) is -0.155.